The van der Waals surface area contributed by atoms with Crippen LogP contribution >= 0.6 is 0 Å². The van der Waals surface area contributed by atoms with Crippen molar-refractivity contribution >= 4 is 11.7 Å². The number of Topliss-reactive ketones (excluding diaryl/α,β-unsaturated/α-hetero) is 1. The van der Waals surface area contributed by atoms with Crippen molar-refractivity contribution in [1.29, 1.82) is 0 Å². The van der Waals surface area contributed by atoms with Crippen molar-refractivity contribution in [2.75, 3.05) is 33.2 Å². The second-order valence-electron chi connectivity index (χ2n) is 8.82. The molecular formula is C26H33N3O2. The summed E-state index contributed by atoms with van der Waals surface area (Å²) in [5.74, 6) is 0.137. The minimum atomic E-state index is 0.0684. The smallest absolute Gasteiger partial charge is 0.223 e. The molecular weight excluding hydrogens is 386 g/mol. The van der Waals surface area contributed by atoms with Crippen LogP contribution in [0.3, 0.4) is 0 Å². The summed E-state index contributed by atoms with van der Waals surface area (Å²) in [6.07, 6.45) is 3.51. The number of hydrogen-bond acceptors (Lipinski definition) is 4. The SMILES string of the molecule is CN(C(=O)CCC(=O)c1ccc2c(c1)CCNCC2)C1CCN(Cc2ccccc2)C1. The van der Waals surface area contributed by atoms with E-state index in [1.807, 2.05) is 30.1 Å². The van der Waals surface area contributed by atoms with Crippen LogP contribution in [0.4, 0.5) is 0 Å². The highest BCUT2D eigenvalue weighted by atomic mass is 16.2. The largest absolute Gasteiger partial charge is 0.341 e. The predicted octanol–water partition coefficient (Wildman–Crippen LogP) is 3.07. The van der Waals surface area contributed by atoms with Gasteiger partial charge in [-0.3, -0.25) is 14.5 Å². The molecule has 2 aromatic rings. The Morgan fingerprint density at radius 3 is 2.61 bits per heavy atom. The molecule has 4 rings (SSSR count). The average molecular weight is 420 g/mol. The summed E-state index contributed by atoms with van der Waals surface area (Å²) in [6.45, 7) is 4.76. The van der Waals surface area contributed by atoms with Gasteiger partial charge in [0.2, 0.25) is 5.91 Å². The topological polar surface area (TPSA) is 52.7 Å². The first kappa shape index (κ1) is 21.7. The standard InChI is InChI=1S/C26H33N3O2/c1-28(24-13-16-29(19-24)18-20-5-3-2-4-6-20)26(31)10-9-25(30)23-8-7-21-11-14-27-15-12-22(21)17-23/h2-8,17,24,27H,9-16,18-19H2,1H3. The van der Waals surface area contributed by atoms with E-state index in [1.54, 1.807) is 0 Å². The normalized spacial score (nSPS) is 18.9. The van der Waals surface area contributed by atoms with Gasteiger partial charge in [-0.15, -0.1) is 0 Å². The molecule has 0 aliphatic carbocycles. The minimum Gasteiger partial charge on any atom is -0.341 e. The second kappa shape index (κ2) is 10.2. The van der Waals surface area contributed by atoms with Crippen molar-refractivity contribution in [1.82, 2.24) is 15.1 Å². The number of benzene rings is 2. The molecule has 0 aromatic heterocycles. The molecule has 1 atom stereocenters. The summed E-state index contributed by atoms with van der Waals surface area (Å²) in [5.41, 5.74) is 4.65. The number of carbonyl (C=O) groups is 2. The van der Waals surface area contributed by atoms with Crippen LogP contribution in [0.5, 0.6) is 0 Å². The van der Waals surface area contributed by atoms with E-state index in [0.717, 1.165) is 57.5 Å². The summed E-state index contributed by atoms with van der Waals surface area (Å²) in [5, 5.41) is 3.40. The van der Waals surface area contributed by atoms with Gasteiger partial charge >= 0.3 is 0 Å². The Morgan fingerprint density at radius 1 is 1.03 bits per heavy atom. The Bertz CT molecular complexity index is 912. The first-order chi connectivity index (χ1) is 15.1. The maximum Gasteiger partial charge on any atom is 0.223 e. The van der Waals surface area contributed by atoms with Crippen molar-refractivity contribution in [2.24, 2.45) is 0 Å². The fourth-order valence-corrected chi connectivity index (χ4v) is 4.71. The highest BCUT2D eigenvalue weighted by Crippen LogP contribution is 2.20. The van der Waals surface area contributed by atoms with Crippen molar-refractivity contribution < 1.29 is 9.59 Å². The van der Waals surface area contributed by atoms with Gasteiger partial charge in [0.1, 0.15) is 0 Å². The highest BCUT2D eigenvalue weighted by Gasteiger charge is 2.28. The number of likely N-dealkylation sites (N-methyl/N-ethyl adjacent to an activating group) is 1. The fraction of sp³-hybridized carbons (Fsp3) is 0.462. The van der Waals surface area contributed by atoms with Crippen molar-refractivity contribution in [3.63, 3.8) is 0 Å². The van der Waals surface area contributed by atoms with Crippen LogP contribution in [0.2, 0.25) is 0 Å². The lowest BCUT2D eigenvalue weighted by Crippen LogP contribution is -2.39. The van der Waals surface area contributed by atoms with Crippen molar-refractivity contribution in [3.05, 3.63) is 70.8 Å². The Kier molecular flexibility index (Phi) is 7.15. The Balaban J connectivity index is 1.26. The van der Waals surface area contributed by atoms with E-state index >= 15 is 0 Å². The zero-order valence-electron chi connectivity index (χ0n) is 18.5. The molecule has 2 aliphatic heterocycles. The number of rotatable bonds is 7. The van der Waals surface area contributed by atoms with Crippen LogP contribution in [-0.2, 0) is 24.2 Å². The van der Waals surface area contributed by atoms with Gasteiger partial charge in [0.25, 0.3) is 0 Å². The molecule has 5 heteroatoms. The van der Waals surface area contributed by atoms with Gasteiger partial charge in [-0.2, -0.15) is 0 Å². The zero-order valence-corrected chi connectivity index (χ0v) is 18.5. The van der Waals surface area contributed by atoms with Crippen LogP contribution in [0.25, 0.3) is 0 Å². The highest BCUT2D eigenvalue weighted by molar-refractivity contribution is 5.98. The third kappa shape index (κ3) is 5.60. The number of likely N-dealkylation sites (tertiary alicyclic amines) is 1. The first-order valence-corrected chi connectivity index (χ1v) is 11.5. The van der Waals surface area contributed by atoms with Gasteiger partial charge in [0.15, 0.2) is 5.78 Å². The molecule has 2 heterocycles. The molecule has 31 heavy (non-hydrogen) atoms. The summed E-state index contributed by atoms with van der Waals surface area (Å²) >= 11 is 0. The van der Waals surface area contributed by atoms with Gasteiger partial charge < -0.3 is 10.2 Å². The van der Waals surface area contributed by atoms with E-state index < -0.39 is 0 Å². The van der Waals surface area contributed by atoms with Gasteiger partial charge in [-0.25, -0.2) is 0 Å². The van der Waals surface area contributed by atoms with Gasteiger partial charge in [0.05, 0.1) is 0 Å². The Morgan fingerprint density at radius 2 is 1.81 bits per heavy atom. The quantitative estimate of drug-likeness (QED) is 0.701. The van der Waals surface area contributed by atoms with Gasteiger partial charge in [-0.1, -0.05) is 42.5 Å². The van der Waals surface area contributed by atoms with Gasteiger partial charge in [0, 0.05) is 51.1 Å². The molecule has 1 amide bonds. The first-order valence-electron chi connectivity index (χ1n) is 11.5. The molecule has 164 valence electrons. The lowest BCUT2D eigenvalue weighted by Gasteiger charge is -2.25. The number of ketones is 1. The minimum absolute atomic E-state index is 0.0684. The molecule has 1 N–H and O–H groups in total. The van der Waals surface area contributed by atoms with Crippen LogP contribution < -0.4 is 5.32 Å². The lowest BCUT2D eigenvalue weighted by atomic mass is 9.97. The summed E-state index contributed by atoms with van der Waals surface area (Å²) in [6, 6.07) is 16.7. The van der Waals surface area contributed by atoms with Crippen LogP contribution in [0, 0.1) is 0 Å². The molecule has 0 bridgehead atoms. The molecule has 2 aromatic carbocycles. The van der Waals surface area contributed by atoms with E-state index in [4.69, 9.17) is 0 Å². The maximum atomic E-state index is 12.8. The number of nitrogens with zero attached hydrogens (tertiary/aromatic N) is 2. The number of amides is 1. The van der Waals surface area contributed by atoms with E-state index in [1.165, 1.54) is 16.7 Å². The van der Waals surface area contributed by atoms with Crippen molar-refractivity contribution in [2.45, 2.75) is 44.7 Å². The predicted molar refractivity (Wildman–Crippen MR) is 123 cm³/mol. The molecule has 0 radical (unpaired) electrons. The Hall–Kier alpha value is -2.50. The number of hydrogen-bond donors (Lipinski definition) is 1. The second-order valence-corrected chi connectivity index (χ2v) is 8.82. The van der Waals surface area contributed by atoms with Crippen LogP contribution in [0.15, 0.2) is 48.5 Å². The Labute approximate surface area is 185 Å². The monoisotopic (exact) mass is 419 g/mol. The third-order valence-corrected chi connectivity index (χ3v) is 6.67. The van der Waals surface area contributed by atoms with E-state index in [0.29, 0.717) is 0 Å². The maximum absolute atomic E-state index is 12.8. The van der Waals surface area contributed by atoms with E-state index in [2.05, 4.69) is 40.5 Å². The van der Waals surface area contributed by atoms with Gasteiger partial charge in [-0.05, 0) is 55.1 Å². The summed E-state index contributed by atoms with van der Waals surface area (Å²) < 4.78 is 0. The zero-order chi connectivity index (χ0) is 21.6. The molecule has 5 nitrogen and oxygen atoms in total. The summed E-state index contributed by atoms with van der Waals surface area (Å²) in [7, 11) is 1.89. The summed E-state index contributed by atoms with van der Waals surface area (Å²) in [4.78, 5) is 29.7. The number of fused-ring (bicyclic) bond motifs is 1. The van der Waals surface area contributed by atoms with Crippen molar-refractivity contribution in [3.8, 4) is 0 Å². The van der Waals surface area contributed by atoms with Crippen LogP contribution in [0.1, 0.15) is 46.3 Å². The number of carbonyl (C=O) groups excluding carboxylic acids is 2. The average Bonchev–Trinajstić information content (AvgIpc) is 3.13. The third-order valence-electron chi connectivity index (χ3n) is 6.67. The fourth-order valence-electron chi connectivity index (χ4n) is 4.71. The van der Waals surface area contributed by atoms with E-state index in [9.17, 15) is 9.59 Å². The molecule has 0 spiro atoms. The lowest BCUT2D eigenvalue weighted by molar-refractivity contribution is -0.131. The molecule has 1 saturated heterocycles. The number of nitrogens with one attached hydrogen (secondary N) is 1. The molecule has 1 unspecified atom stereocenters. The van der Waals surface area contributed by atoms with Crippen LogP contribution in [-0.4, -0.2) is 60.8 Å². The molecule has 1 fully saturated rings. The van der Waals surface area contributed by atoms with E-state index in [-0.39, 0.29) is 30.6 Å². The molecule has 0 saturated carbocycles. The molecule has 2 aliphatic rings.